The van der Waals surface area contributed by atoms with E-state index in [2.05, 4.69) is 57.2 Å². The highest BCUT2D eigenvalue weighted by molar-refractivity contribution is 9.10. The molecule has 0 bridgehead atoms. The van der Waals surface area contributed by atoms with Gasteiger partial charge in [-0.05, 0) is 48.7 Å². The van der Waals surface area contributed by atoms with Crippen LogP contribution in [0.15, 0.2) is 53.0 Å². The number of rotatable bonds is 2. The van der Waals surface area contributed by atoms with Crippen molar-refractivity contribution in [3.8, 4) is 0 Å². The van der Waals surface area contributed by atoms with Crippen LogP contribution < -0.4 is 4.90 Å². The van der Waals surface area contributed by atoms with Gasteiger partial charge in [0, 0.05) is 21.7 Å². The molecule has 0 saturated carbocycles. The molecule has 0 aromatic heterocycles. The lowest BCUT2D eigenvalue weighted by Crippen LogP contribution is -2.22. The normalized spacial score (nSPS) is 18.8. The van der Waals surface area contributed by atoms with Crippen molar-refractivity contribution in [1.29, 1.82) is 0 Å². The smallest absolute Gasteiger partial charge is 0.0543 e. The largest absolute Gasteiger partial charge is 0.364 e. The predicted octanol–water partition coefficient (Wildman–Crippen LogP) is 5.44. The third-order valence-corrected chi connectivity index (χ3v) is 4.41. The maximum Gasteiger partial charge on any atom is 0.0543 e. The van der Waals surface area contributed by atoms with Gasteiger partial charge in [0.1, 0.15) is 0 Å². The second-order valence-corrected chi connectivity index (χ2v) is 6.23. The lowest BCUT2D eigenvalue weighted by atomic mass is 10.0. The summed E-state index contributed by atoms with van der Waals surface area (Å²) in [6.45, 7) is 1.10. The minimum absolute atomic E-state index is 0.464. The predicted molar refractivity (Wildman–Crippen MR) is 84.9 cm³/mol. The quantitative estimate of drug-likeness (QED) is 0.705. The number of anilines is 1. The van der Waals surface area contributed by atoms with Crippen molar-refractivity contribution in [3.05, 3.63) is 63.6 Å². The Morgan fingerprint density at radius 1 is 1.11 bits per heavy atom. The van der Waals surface area contributed by atoms with E-state index in [1.165, 1.54) is 24.1 Å². The number of halogens is 2. The fraction of sp³-hybridized carbons (Fsp3) is 0.250. The Kier molecular flexibility index (Phi) is 3.81. The highest BCUT2D eigenvalue weighted by Crippen LogP contribution is 2.37. The molecule has 19 heavy (non-hydrogen) atoms. The van der Waals surface area contributed by atoms with Crippen molar-refractivity contribution in [3.63, 3.8) is 0 Å². The molecule has 0 spiro atoms. The van der Waals surface area contributed by atoms with Gasteiger partial charge in [0.2, 0.25) is 0 Å². The van der Waals surface area contributed by atoms with Crippen LogP contribution in [-0.4, -0.2) is 6.54 Å². The van der Waals surface area contributed by atoms with E-state index in [1.54, 1.807) is 0 Å². The Bertz CT molecular complexity index is 567. The first kappa shape index (κ1) is 13.0. The van der Waals surface area contributed by atoms with Crippen LogP contribution in [0.2, 0.25) is 5.02 Å². The van der Waals surface area contributed by atoms with Crippen molar-refractivity contribution in [1.82, 2.24) is 0 Å². The molecule has 1 aliphatic rings. The number of hydrogen-bond acceptors (Lipinski definition) is 1. The zero-order chi connectivity index (χ0) is 13.2. The van der Waals surface area contributed by atoms with Crippen LogP contribution in [0.25, 0.3) is 0 Å². The van der Waals surface area contributed by atoms with Gasteiger partial charge in [-0.3, -0.25) is 0 Å². The van der Waals surface area contributed by atoms with Gasteiger partial charge in [-0.25, -0.2) is 0 Å². The van der Waals surface area contributed by atoms with E-state index in [0.717, 1.165) is 16.0 Å². The molecule has 0 radical (unpaired) electrons. The molecule has 0 aliphatic carbocycles. The third kappa shape index (κ3) is 2.80. The van der Waals surface area contributed by atoms with Gasteiger partial charge in [0.25, 0.3) is 0 Å². The zero-order valence-corrected chi connectivity index (χ0v) is 12.9. The molecule has 1 unspecified atom stereocenters. The second kappa shape index (κ2) is 5.56. The zero-order valence-electron chi connectivity index (χ0n) is 10.5. The van der Waals surface area contributed by atoms with Crippen molar-refractivity contribution in [2.24, 2.45) is 0 Å². The summed E-state index contributed by atoms with van der Waals surface area (Å²) in [5, 5.41) is 0.805. The minimum Gasteiger partial charge on any atom is -0.364 e. The number of nitrogens with zero attached hydrogens (tertiary/aromatic N) is 1. The van der Waals surface area contributed by atoms with Crippen molar-refractivity contribution >= 4 is 33.2 Å². The number of hydrogen-bond donors (Lipinski definition) is 0. The Morgan fingerprint density at radius 2 is 1.89 bits per heavy atom. The summed E-state index contributed by atoms with van der Waals surface area (Å²) >= 11 is 9.60. The van der Waals surface area contributed by atoms with E-state index in [1.807, 2.05) is 12.1 Å². The van der Waals surface area contributed by atoms with Gasteiger partial charge in [0.15, 0.2) is 0 Å². The van der Waals surface area contributed by atoms with Gasteiger partial charge < -0.3 is 4.90 Å². The first-order valence-electron chi connectivity index (χ1n) is 6.52. The molecule has 0 amide bonds. The Morgan fingerprint density at radius 3 is 2.63 bits per heavy atom. The van der Waals surface area contributed by atoms with Crippen molar-refractivity contribution in [2.45, 2.75) is 18.9 Å². The van der Waals surface area contributed by atoms with Gasteiger partial charge in [-0.1, -0.05) is 45.7 Å². The van der Waals surface area contributed by atoms with Crippen LogP contribution >= 0.6 is 27.5 Å². The van der Waals surface area contributed by atoms with Crippen LogP contribution in [0.4, 0.5) is 5.69 Å². The first-order chi connectivity index (χ1) is 9.24. The first-order valence-corrected chi connectivity index (χ1v) is 7.69. The van der Waals surface area contributed by atoms with E-state index in [9.17, 15) is 0 Å². The minimum atomic E-state index is 0.464. The Hall–Kier alpha value is -0.990. The average molecular weight is 337 g/mol. The summed E-state index contributed by atoms with van der Waals surface area (Å²) < 4.78 is 1.13. The highest BCUT2D eigenvalue weighted by Gasteiger charge is 2.26. The summed E-state index contributed by atoms with van der Waals surface area (Å²) in [5.41, 5.74) is 2.60. The van der Waals surface area contributed by atoms with E-state index in [-0.39, 0.29) is 0 Å². The molecule has 1 atom stereocenters. The third-order valence-electron chi connectivity index (χ3n) is 3.65. The molecule has 3 heteroatoms. The van der Waals surface area contributed by atoms with E-state index in [0.29, 0.717) is 6.04 Å². The molecule has 1 saturated heterocycles. The van der Waals surface area contributed by atoms with Crippen LogP contribution in [0, 0.1) is 0 Å². The van der Waals surface area contributed by atoms with Gasteiger partial charge >= 0.3 is 0 Å². The van der Waals surface area contributed by atoms with Crippen LogP contribution in [0.3, 0.4) is 0 Å². The van der Waals surface area contributed by atoms with Crippen LogP contribution in [0.5, 0.6) is 0 Å². The molecule has 3 rings (SSSR count). The summed E-state index contributed by atoms with van der Waals surface area (Å²) in [6.07, 6.45) is 2.43. The van der Waals surface area contributed by atoms with E-state index >= 15 is 0 Å². The fourth-order valence-electron chi connectivity index (χ4n) is 2.76. The van der Waals surface area contributed by atoms with E-state index < -0.39 is 0 Å². The average Bonchev–Trinajstić information content (AvgIpc) is 2.89. The molecule has 1 aliphatic heterocycles. The maximum atomic E-state index is 6.10. The summed E-state index contributed by atoms with van der Waals surface area (Å²) in [5.74, 6) is 0. The van der Waals surface area contributed by atoms with Crippen LogP contribution in [-0.2, 0) is 0 Å². The monoisotopic (exact) mass is 335 g/mol. The van der Waals surface area contributed by atoms with E-state index in [4.69, 9.17) is 11.6 Å². The standard InChI is InChI=1S/C16H15BrClN/c17-13-8-6-12(7-9-13)16-5-2-10-19(16)15-4-1-3-14(18)11-15/h1,3-4,6-9,11,16H,2,5,10H2. The highest BCUT2D eigenvalue weighted by atomic mass is 79.9. The van der Waals surface area contributed by atoms with Crippen LogP contribution in [0.1, 0.15) is 24.4 Å². The summed E-state index contributed by atoms with van der Waals surface area (Å²) in [7, 11) is 0. The van der Waals surface area contributed by atoms with Gasteiger partial charge in [-0.2, -0.15) is 0 Å². The number of benzene rings is 2. The second-order valence-electron chi connectivity index (χ2n) is 4.88. The molecule has 2 aromatic rings. The van der Waals surface area contributed by atoms with Crippen molar-refractivity contribution < 1.29 is 0 Å². The lowest BCUT2D eigenvalue weighted by molar-refractivity contribution is 0.719. The SMILES string of the molecule is Clc1cccc(N2CCCC2c2ccc(Br)cc2)c1. The van der Waals surface area contributed by atoms with Gasteiger partial charge in [-0.15, -0.1) is 0 Å². The Labute approximate surface area is 127 Å². The molecule has 1 fully saturated rings. The summed E-state index contributed by atoms with van der Waals surface area (Å²) in [4.78, 5) is 2.45. The molecule has 98 valence electrons. The molecular formula is C16H15BrClN. The molecular weight excluding hydrogens is 322 g/mol. The van der Waals surface area contributed by atoms with Crippen molar-refractivity contribution in [2.75, 3.05) is 11.4 Å². The lowest BCUT2D eigenvalue weighted by Gasteiger charge is -2.27. The molecule has 0 N–H and O–H groups in total. The topological polar surface area (TPSA) is 3.24 Å². The molecule has 1 heterocycles. The maximum absolute atomic E-state index is 6.10. The van der Waals surface area contributed by atoms with Gasteiger partial charge in [0.05, 0.1) is 6.04 Å². The summed E-state index contributed by atoms with van der Waals surface area (Å²) in [6, 6.07) is 17.3. The fourth-order valence-corrected chi connectivity index (χ4v) is 3.21. The molecule has 2 aromatic carbocycles. The Balaban J connectivity index is 1.91. The molecule has 1 nitrogen and oxygen atoms in total.